The number of rotatable bonds is 3. The first-order valence-corrected chi connectivity index (χ1v) is 5.83. The molecule has 94 valence electrons. The van der Waals surface area contributed by atoms with E-state index in [0.717, 1.165) is 16.7 Å². The van der Waals surface area contributed by atoms with Gasteiger partial charge in [-0.3, -0.25) is 0 Å². The zero-order valence-electron chi connectivity index (χ0n) is 10.7. The topological polar surface area (TPSA) is 37.8 Å². The second-order valence-electron chi connectivity index (χ2n) is 4.34. The molecule has 18 heavy (non-hydrogen) atoms. The number of hydrogen-bond acceptors (Lipinski definition) is 3. The van der Waals surface area contributed by atoms with E-state index in [0.29, 0.717) is 5.82 Å². The van der Waals surface area contributed by atoms with Crippen molar-refractivity contribution in [2.75, 3.05) is 7.05 Å². The van der Waals surface area contributed by atoms with Gasteiger partial charge in [0, 0.05) is 12.4 Å². The maximum atomic E-state index is 13.4. The van der Waals surface area contributed by atoms with E-state index in [4.69, 9.17) is 0 Å². The third kappa shape index (κ3) is 2.54. The van der Waals surface area contributed by atoms with Gasteiger partial charge in [-0.1, -0.05) is 6.07 Å². The van der Waals surface area contributed by atoms with Crippen molar-refractivity contribution >= 4 is 0 Å². The summed E-state index contributed by atoms with van der Waals surface area (Å²) in [5.74, 6) is 0.403. The fourth-order valence-electron chi connectivity index (χ4n) is 1.90. The monoisotopic (exact) mass is 245 g/mol. The molecule has 0 amide bonds. The summed E-state index contributed by atoms with van der Waals surface area (Å²) in [7, 11) is 1.82. The Morgan fingerprint density at radius 2 is 1.83 bits per heavy atom. The van der Waals surface area contributed by atoms with Crippen LogP contribution in [-0.4, -0.2) is 17.0 Å². The number of hydrogen-bond donors (Lipinski definition) is 1. The molecule has 1 aromatic carbocycles. The lowest BCUT2D eigenvalue weighted by Crippen LogP contribution is -2.21. The number of nitrogens with one attached hydrogen (secondary N) is 1. The quantitative estimate of drug-likeness (QED) is 0.903. The summed E-state index contributed by atoms with van der Waals surface area (Å²) in [5.41, 5.74) is 2.88. The molecule has 0 aliphatic rings. The number of aromatic nitrogens is 2. The first-order chi connectivity index (χ1) is 8.61. The molecule has 4 heteroatoms. The lowest BCUT2D eigenvalue weighted by atomic mass is 10.0. The van der Waals surface area contributed by atoms with Crippen molar-refractivity contribution in [1.82, 2.24) is 15.3 Å². The number of benzene rings is 1. The summed E-state index contributed by atoms with van der Waals surface area (Å²) in [5, 5.41) is 3.13. The minimum absolute atomic E-state index is 0.193. The molecule has 2 rings (SSSR count). The Balaban J connectivity index is 2.44. The summed E-state index contributed by atoms with van der Waals surface area (Å²) < 4.78 is 13.4. The van der Waals surface area contributed by atoms with Crippen LogP contribution in [0.25, 0.3) is 0 Å². The van der Waals surface area contributed by atoms with E-state index in [1.54, 1.807) is 18.5 Å². The molecular weight excluding hydrogens is 229 g/mol. The summed E-state index contributed by atoms with van der Waals surface area (Å²) in [4.78, 5) is 8.60. The van der Waals surface area contributed by atoms with Gasteiger partial charge in [0.05, 0.1) is 6.04 Å². The molecule has 2 aromatic rings. The zero-order valence-corrected chi connectivity index (χ0v) is 10.7. The van der Waals surface area contributed by atoms with Gasteiger partial charge < -0.3 is 5.32 Å². The highest BCUT2D eigenvalue weighted by molar-refractivity contribution is 5.33. The maximum Gasteiger partial charge on any atom is 0.149 e. The van der Waals surface area contributed by atoms with Crippen LogP contribution in [0.4, 0.5) is 4.39 Å². The smallest absolute Gasteiger partial charge is 0.149 e. The zero-order chi connectivity index (χ0) is 13.1. The van der Waals surface area contributed by atoms with Gasteiger partial charge >= 0.3 is 0 Å². The standard InChI is InChI=1S/C14H16FN3/c1-9-7-17-14(18-8-9)13(16-3)12-6-11(15)5-4-10(12)2/h4-8,13,16H,1-3H3. The summed E-state index contributed by atoms with van der Waals surface area (Å²) in [6.07, 6.45) is 3.53. The Bertz CT molecular complexity index is 537. The normalized spacial score (nSPS) is 12.4. The predicted molar refractivity (Wildman–Crippen MR) is 68.8 cm³/mol. The molecule has 1 unspecified atom stereocenters. The third-order valence-electron chi connectivity index (χ3n) is 2.90. The van der Waals surface area contributed by atoms with Gasteiger partial charge in [-0.2, -0.15) is 0 Å². The number of halogens is 1. The fraction of sp³-hybridized carbons (Fsp3) is 0.286. The summed E-state index contributed by atoms with van der Waals surface area (Å²) in [6.45, 7) is 3.89. The van der Waals surface area contributed by atoms with Gasteiger partial charge in [0.1, 0.15) is 11.6 Å². The Labute approximate surface area is 106 Å². The van der Waals surface area contributed by atoms with Gasteiger partial charge in [0.15, 0.2) is 0 Å². The van der Waals surface area contributed by atoms with Gasteiger partial charge in [-0.15, -0.1) is 0 Å². The van der Waals surface area contributed by atoms with Crippen LogP contribution in [0.2, 0.25) is 0 Å². The van der Waals surface area contributed by atoms with Crippen molar-refractivity contribution in [1.29, 1.82) is 0 Å². The molecule has 0 fully saturated rings. The van der Waals surface area contributed by atoms with E-state index in [2.05, 4.69) is 15.3 Å². The van der Waals surface area contributed by atoms with Crippen LogP contribution < -0.4 is 5.32 Å². The first-order valence-electron chi connectivity index (χ1n) is 5.83. The largest absolute Gasteiger partial charge is 0.307 e. The van der Waals surface area contributed by atoms with Crippen LogP contribution in [0, 0.1) is 19.7 Å². The molecule has 0 saturated carbocycles. The average molecular weight is 245 g/mol. The van der Waals surface area contributed by atoms with Crippen molar-refractivity contribution in [3.05, 3.63) is 58.9 Å². The van der Waals surface area contributed by atoms with Gasteiger partial charge in [0.2, 0.25) is 0 Å². The highest BCUT2D eigenvalue weighted by Crippen LogP contribution is 2.22. The SMILES string of the molecule is CNC(c1ncc(C)cn1)c1cc(F)ccc1C. The predicted octanol–water partition coefficient (Wildman–Crippen LogP) is 2.54. The van der Waals surface area contributed by atoms with E-state index in [1.807, 2.05) is 20.9 Å². The number of nitrogens with zero attached hydrogens (tertiary/aromatic N) is 2. The third-order valence-corrected chi connectivity index (χ3v) is 2.90. The van der Waals surface area contributed by atoms with Gasteiger partial charge in [-0.25, -0.2) is 14.4 Å². The van der Waals surface area contributed by atoms with E-state index < -0.39 is 0 Å². The molecule has 3 nitrogen and oxygen atoms in total. The molecule has 0 spiro atoms. The lowest BCUT2D eigenvalue weighted by Gasteiger charge is -2.17. The van der Waals surface area contributed by atoms with Crippen molar-refractivity contribution in [3.63, 3.8) is 0 Å². The second-order valence-corrected chi connectivity index (χ2v) is 4.34. The molecule has 0 bridgehead atoms. The molecule has 0 radical (unpaired) electrons. The molecule has 1 N–H and O–H groups in total. The first kappa shape index (κ1) is 12.6. The molecule has 0 aliphatic heterocycles. The highest BCUT2D eigenvalue weighted by Gasteiger charge is 2.17. The maximum absolute atomic E-state index is 13.4. The summed E-state index contributed by atoms with van der Waals surface area (Å²) in [6, 6.07) is 4.56. The summed E-state index contributed by atoms with van der Waals surface area (Å²) >= 11 is 0. The average Bonchev–Trinajstić information content (AvgIpc) is 2.37. The van der Waals surface area contributed by atoms with E-state index in [-0.39, 0.29) is 11.9 Å². The van der Waals surface area contributed by atoms with Crippen molar-refractivity contribution in [2.24, 2.45) is 0 Å². The second kappa shape index (κ2) is 5.23. The van der Waals surface area contributed by atoms with Crippen LogP contribution >= 0.6 is 0 Å². The van der Waals surface area contributed by atoms with Crippen molar-refractivity contribution < 1.29 is 4.39 Å². The molecular formula is C14H16FN3. The Kier molecular flexibility index (Phi) is 3.67. The Morgan fingerprint density at radius 1 is 1.17 bits per heavy atom. The lowest BCUT2D eigenvalue weighted by molar-refractivity contribution is 0.605. The fourth-order valence-corrected chi connectivity index (χ4v) is 1.90. The van der Waals surface area contributed by atoms with Gasteiger partial charge in [-0.05, 0) is 49.7 Å². The Morgan fingerprint density at radius 3 is 2.44 bits per heavy atom. The van der Waals surface area contributed by atoms with E-state index in [9.17, 15) is 4.39 Å². The van der Waals surface area contributed by atoms with Crippen LogP contribution in [0.5, 0.6) is 0 Å². The van der Waals surface area contributed by atoms with Crippen LogP contribution in [0.1, 0.15) is 28.6 Å². The Hall–Kier alpha value is -1.81. The van der Waals surface area contributed by atoms with Crippen LogP contribution in [0.3, 0.4) is 0 Å². The molecule has 1 heterocycles. The van der Waals surface area contributed by atoms with Crippen LogP contribution in [0.15, 0.2) is 30.6 Å². The van der Waals surface area contributed by atoms with Gasteiger partial charge in [0.25, 0.3) is 0 Å². The van der Waals surface area contributed by atoms with Crippen molar-refractivity contribution in [2.45, 2.75) is 19.9 Å². The molecule has 1 aromatic heterocycles. The molecule has 0 aliphatic carbocycles. The molecule has 0 saturated heterocycles. The number of aryl methyl sites for hydroxylation is 2. The van der Waals surface area contributed by atoms with E-state index >= 15 is 0 Å². The highest BCUT2D eigenvalue weighted by atomic mass is 19.1. The molecule has 1 atom stereocenters. The minimum Gasteiger partial charge on any atom is -0.307 e. The van der Waals surface area contributed by atoms with E-state index in [1.165, 1.54) is 12.1 Å². The van der Waals surface area contributed by atoms with Crippen molar-refractivity contribution in [3.8, 4) is 0 Å². The van der Waals surface area contributed by atoms with Crippen LogP contribution in [-0.2, 0) is 0 Å². The minimum atomic E-state index is -0.247.